The molecule has 0 unspecified atom stereocenters. The summed E-state index contributed by atoms with van der Waals surface area (Å²) in [5.41, 5.74) is 0. The first-order chi connectivity index (χ1) is 22.8. The number of aliphatic carboxylic acids is 4. The van der Waals surface area contributed by atoms with Crippen LogP contribution in [0.25, 0.3) is 0 Å². The van der Waals surface area contributed by atoms with Gasteiger partial charge in [-0.05, 0) is 38.5 Å². The molecule has 2 fully saturated rings. The van der Waals surface area contributed by atoms with Crippen molar-refractivity contribution in [2.24, 2.45) is 0 Å². The normalized spacial score (nSPS) is 28.5. The van der Waals surface area contributed by atoms with Crippen molar-refractivity contribution in [1.82, 2.24) is 29.4 Å². The lowest BCUT2D eigenvalue weighted by Crippen LogP contribution is -2.54. The fraction of sp³-hybridized carbons (Fsp3) is 0.882. The van der Waals surface area contributed by atoms with Crippen LogP contribution in [-0.2, 0) is 19.2 Å². The summed E-state index contributed by atoms with van der Waals surface area (Å²) in [6, 6.07) is -0.150. The minimum atomic E-state index is -0.902. The van der Waals surface area contributed by atoms with Crippen LogP contribution >= 0.6 is 0 Å². The van der Waals surface area contributed by atoms with E-state index in [2.05, 4.69) is 37.5 Å². The molecule has 6 atom stereocenters. The third-order valence-electron chi connectivity index (χ3n) is 10.6. The fourth-order valence-corrected chi connectivity index (χ4v) is 7.81. The summed E-state index contributed by atoms with van der Waals surface area (Å²) in [6.07, 6.45) is 4.52. The highest BCUT2D eigenvalue weighted by Crippen LogP contribution is 2.23. The largest absolute Gasteiger partial charge is 0.480 e. The molecule has 4 N–H and O–H groups in total. The van der Waals surface area contributed by atoms with Crippen LogP contribution in [0.4, 0.5) is 0 Å². The van der Waals surface area contributed by atoms with E-state index in [0.717, 1.165) is 25.7 Å². The third-order valence-corrected chi connectivity index (χ3v) is 10.6. The first-order valence-electron chi connectivity index (χ1n) is 18.1. The van der Waals surface area contributed by atoms with Crippen molar-refractivity contribution in [3.63, 3.8) is 0 Å². The van der Waals surface area contributed by atoms with Crippen molar-refractivity contribution >= 4 is 23.9 Å². The van der Waals surface area contributed by atoms with Crippen molar-refractivity contribution in [1.29, 1.82) is 0 Å². The monoisotopic (exact) mass is 684 g/mol. The minimum absolute atomic E-state index is 0.0303. The maximum atomic E-state index is 12.0. The molecule has 0 aromatic carbocycles. The number of hydrogen-bond acceptors (Lipinski definition) is 10. The lowest BCUT2D eigenvalue weighted by Gasteiger charge is -2.41. The fourth-order valence-electron chi connectivity index (χ4n) is 7.81. The van der Waals surface area contributed by atoms with Gasteiger partial charge in [-0.2, -0.15) is 0 Å². The molecule has 0 spiro atoms. The Bertz CT molecular complexity index is 914. The molecule has 0 bridgehead atoms. The third kappa shape index (κ3) is 12.8. The SMILES string of the molecule is CC[C@H]1CN(CC(=O)O)[C@@H](CC)CN(CC(=O)O)[C@@H](CC)CN1CCN1C[C@H](CC)N(CC(=O)O)C[C@H](CC)N(CC(=O)O)C[C@@H]1CC. The molecule has 48 heavy (non-hydrogen) atoms. The zero-order valence-electron chi connectivity index (χ0n) is 30.3. The molecule has 0 radical (unpaired) electrons. The van der Waals surface area contributed by atoms with Crippen LogP contribution in [-0.4, -0.2) is 188 Å². The van der Waals surface area contributed by atoms with Crippen molar-refractivity contribution < 1.29 is 39.6 Å². The van der Waals surface area contributed by atoms with E-state index in [-0.39, 0.29) is 62.4 Å². The van der Waals surface area contributed by atoms with E-state index in [4.69, 9.17) is 0 Å². The van der Waals surface area contributed by atoms with Gasteiger partial charge in [-0.1, -0.05) is 41.5 Å². The number of hydrogen-bond donors (Lipinski definition) is 4. The van der Waals surface area contributed by atoms with Crippen LogP contribution in [0.5, 0.6) is 0 Å². The van der Waals surface area contributed by atoms with Gasteiger partial charge in [-0.15, -0.1) is 0 Å². The molecule has 2 aliphatic rings. The molecule has 0 amide bonds. The average Bonchev–Trinajstić information content (AvgIpc) is 3.11. The van der Waals surface area contributed by atoms with Crippen molar-refractivity contribution in [2.45, 2.75) is 116 Å². The second-order valence-electron chi connectivity index (χ2n) is 13.7. The molecule has 14 heteroatoms. The molecule has 2 saturated heterocycles. The van der Waals surface area contributed by atoms with Gasteiger partial charge in [-0.25, -0.2) is 0 Å². The summed E-state index contributed by atoms with van der Waals surface area (Å²) in [6.45, 7) is 16.7. The Morgan fingerprint density at radius 3 is 0.708 bits per heavy atom. The lowest BCUT2D eigenvalue weighted by molar-refractivity contribution is -0.141. The Labute approximate surface area is 287 Å². The van der Waals surface area contributed by atoms with E-state index in [1.54, 1.807) is 0 Å². The van der Waals surface area contributed by atoms with Gasteiger partial charge in [0.05, 0.1) is 26.2 Å². The number of carboxylic acid groups (broad SMARTS) is 4. The van der Waals surface area contributed by atoms with Gasteiger partial charge in [0.15, 0.2) is 0 Å². The highest BCUT2D eigenvalue weighted by atomic mass is 16.4. The maximum absolute atomic E-state index is 12.0. The molecule has 0 aliphatic carbocycles. The smallest absolute Gasteiger partial charge is 0.317 e. The molecule has 2 aliphatic heterocycles. The van der Waals surface area contributed by atoms with E-state index in [9.17, 15) is 39.6 Å². The zero-order chi connectivity index (χ0) is 36.0. The predicted octanol–water partition coefficient (Wildman–Crippen LogP) is 1.84. The molecule has 14 nitrogen and oxygen atoms in total. The second kappa shape index (κ2) is 21.0. The summed E-state index contributed by atoms with van der Waals surface area (Å²) in [5, 5.41) is 39.3. The summed E-state index contributed by atoms with van der Waals surface area (Å²) in [4.78, 5) is 60.9. The van der Waals surface area contributed by atoms with E-state index in [1.165, 1.54) is 0 Å². The first kappa shape index (κ1) is 41.8. The van der Waals surface area contributed by atoms with Gasteiger partial charge in [0.1, 0.15) is 0 Å². The number of nitrogens with zero attached hydrogens (tertiary/aromatic N) is 6. The summed E-state index contributed by atoms with van der Waals surface area (Å²) in [7, 11) is 0. The summed E-state index contributed by atoms with van der Waals surface area (Å²) < 4.78 is 0. The number of carboxylic acids is 4. The Morgan fingerprint density at radius 2 is 0.542 bits per heavy atom. The van der Waals surface area contributed by atoms with Gasteiger partial charge in [0.25, 0.3) is 0 Å². The number of rotatable bonds is 17. The van der Waals surface area contributed by atoms with E-state index in [0.29, 0.717) is 65.2 Å². The second-order valence-corrected chi connectivity index (χ2v) is 13.7. The topological polar surface area (TPSA) is 169 Å². The molecule has 278 valence electrons. The molecular weight excluding hydrogens is 620 g/mol. The minimum Gasteiger partial charge on any atom is -0.480 e. The number of carbonyl (C=O) groups is 4. The van der Waals surface area contributed by atoms with Crippen LogP contribution < -0.4 is 0 Å². The van der Waals surface area contributed by atoms with E-state index >= 15 is 0 Å². The van der Waals surface area contributed by atoms with E-state index in [1.807, 2.05) is 33.4 Å². The van der Waals surface area contributed by atoms with Gasteiger partial charge in [-0.3, -0.25) is 48.6 Å². The Hall–Kier alpha value is -2.36. The molecule has 0 aromatic heterocycles. The summed E-state index contributed by atoms with van der Waals surface area (Å²) in [5.74, 6) is -3.61. The van der Waals surface area contributed by atoms with E-state index < -0.39 is 23.9 Å². The zero-order valence-corrected chi connectivity index (χ0v) is 30.3. The van der Waals surface area contributed by atoms with Crippen LogP contribution in [0, 0.1) is 0 Å². The van der Waals surface area contributed by atoms with Crippen LogP contribution in [0.2, 0.25) is 0 Å². The highest BCUT2D eigenvalue weighted by molar-refractivity contribution is 5.70. The van der Waals surface area contributed by atoms with Crippen LogP contribution in [0.1, 0.15) is 80.1 Å². The van der Waals surface area contributed by atoms with Gasteiger partial charge >= 0.3 is 23.9 Å². The van der Waals surface area contributed by atoms with Gasteiger partial charge < -0.3 is 20.4 Å². The highest BCUT2D eigenvalue weighted by Gasteiger charge is 2.36. The summed E-state index contributed by atoms with van der Waals surface area (Å²) >= 11 is 0. The molecule has 2 heterocycles. The Morgan fingerprint density at radius 1 is 0.375 bits per heavy atom. The standard InChI is InChI=1S/C34H64N6O8/c1-7-25-17-37(21-31(41)42)29(11-5)19-39(23-33(45)46)27(9-3)15-35(25)13-14-36-16-28(10-4)40(24-34(47)48)20-30(12-6)38(22-32(43)44)18-26(36)8-2/h25-30H,7-24H2,1-6H3,(H,41,42)(H,43,44)(H,45,46)(H,47,48)/t25-,26-,27-,28-,29-,30-/m0/s1. The average molecular weight is 685 g/mol. The predicted molar refractivity (Wildman–Crippen MR) is 184 cm³/mol. The van der Waals surface area contributed by atoms with Gasteiger partial charge in [0.2, 0.25) is 0 Å². The van der Waals surface area contributed by atoms with Crippen molar-refractivity contribution in [2.75, 3.05) is 78.5 Å². The van der Waals surface area contributed by atoms with Crippen molar-refractivity contribution in [3.05, 3.63) is 0 Å². The first-order valence-corrected chi connectivity index (χ1v) is 18.1. The maximum Gasteiger partial charge on any atom is 0.317 e. The molecular formula is C34H64N6O8. The molecule has 0 saturated carbocycles. The van der Waals surface area contributed by atoms with Crippen molar-refractivity contribution in [3.8, 4) is 0 Å². The lowest BCUT2D eigenvalue weighted by atomic mass is 10.1. The molecule has 2 rings (SSSR count). The Balaban J connectivity index is 2.53. The quantitative estimate of drug-likeness (QED) is 0.175. The Kier molecular flexibility index (Phi) is 18.3. The van der Waals surface area contributed by atoms with Crippen LogP contribution in [0.15, 0.2) is 0 Å². The van der Waals surface area contributed by atoms with Crippen LogP contribution in [0.3, 0.4) is 0 Å². The van der Waals surface area contributed by atoms with Gasteiger partial charge in [0, 0.05) is 88.6 Å². The molecule has 0 aromatic rings.